The van der Waals surface area contributed by atoms with E-state index in [1.165, 1.54) is 5.56 Å². The van der Waals surface area contributed by atoms with Gasteiger partial charge in [-0.1, -0.05) is 0 Å². The maximum Gasteiger partial charge on any atom is 0.101 e. The van der Waals surface area contributed by atoms with Gasteiger partial charge in [-0.15, -0.1) is 0 Å². The van der Waals surface area contributed by atoms with Crippen LogP contribution >= 0.6 is 0 Å². The number of nitrogens with zero attached hydrogens (tertiary/aromatic N) is 2. The quantitative estimate of drug-likeness (QED) is 0.574. The van der Waals surface area contributed by atoms with Gasteiger partial charge in [-0.05, 0) is 30.7 Å². The number of hydrogen-bond acceptors (Lipinski definition) is 1. The van der Waals surface area contributed by atoms with Crippen molar-refractivity contribution in [1.82, 2.24) is 4.40 Å². The highest BCUT2D eigenvalue weighted by Gasteiger charge is 1.95. The molecular formula is C10H8N2. The van der Waals surface area contributed by atoms with E-state index in [-0.39, 0.29) is 0 Å². The Bertz CT molecular complexity index is 460. The van der Waals surface area contributed by atoms with E-state index in [1.54, 1.807) is 0 Å². The van der Waals surface area contributed by atoms with Crippen LogP contribution in [0.4, 0.5) is 0 Å². The highest BCUT2D eigenvalue weighted by atomic mass is 14.9. The lowest BCUT2D eigenvalue weighted by Gasteiger charge is -1.92. The van der Waals surface area contributed by atoms with Crippen molar-refractivity contribution in [1.29, 1.82) is 5.26 Å². The third-order valence-corrected chi connectivity index (χ3v) is 1.86. The van der Waals surface area contributed by atoms with Crippen LogP contribution in [0.5, 0.6) is 0 Å². The molecule has 12 heavy (non-hydrogen) atoms. The highest BCUT2D eigenvalue weighted by Crippen LogP contribution is 2.09. The van der Waals surface area contributed by atoms with E-state index in [0.29, 0.717) is 5.56 Å². The molecule has 0 radical (unpaired) electrons. The van der Waals surface area contributed by atoms with Crippen molar-refractivity contribution < 1.29 is 0 Å². The molecule has 0 amide bonds. The summed E-state index contributed by atoms with van der Waals surface area (Å²) in [7, 11) is 0. The zero-order valence-corrected chi connectivity index (χ0v) is 6.78. The Morgan fingerprint density at radius 1 is 1.33 bits per heavy atom. The Balaban J connectivity index is 2.77. The molecule has 2 heteroatoms. The Labute approximate surface area is 70.7 Å². The fourth-order valence-electron chi connectivity index (χ4n) is 1.32. The summed E-state index contributed by atoms with van der Waals surface area (Å²) < 4.78 is 1.97. The van der Waals surface area contributed by atoms with Gasteiger partial charge in [0.1, 0.15) is 6.07 Å². The molecular weight excluding hydrogens is 148 g/mol. The number of fused-ring (bicyclic) bond motifs is 1. The summed E-state index contributed by atoms with van der Waals surface area (Å²) in [5, 5.41) is 8.64. The van der Waals surface area contributed by atoms with E-state index >= 15 is 0 Å². The first kappa shape index (κ1) is 6.93. The van der Waals surface area contributed by atoms with E-state index in [9.17, 15) is 0 Å². The molecule has 0 N–H and O–H groups in total. The minimum atomic E-state index is 0.693. The summed E-state index contributed by atoms with van der Waals surface area (Å²) >= 11 is 0. The Hall–Kier alpha value is -1.75. The smallest absolute Gasteiger partial charge is 0.101 e. The summed E-state index contributed by atoms with van der Waals surface area (Å²) in [6.07, 6.45) is 3.85. The average Bonchev–Trinajstić information content (AvgIpc) is 2.43. The van der Waals surface area contributed by atoms with Crippen LogP contribution in [0.25, 0.3) is 5.52 Å². The molecule has 0 aliphatic rings. The van der Waals surface area contributed by atoms with Crippen molar-refractivity contribution in [3.8, 4) is 6.07 Å². The summed E-state index contributed by atoms with van der Waals surface area (Å²) in [4.78, 5) is 0. The standard InChI is InChI=1S/C10H8N2/c1-8-4-10-3-2-9(5-11)7-12(10)6-8/h2-4,6-7H,1H3. The maximum absolute atomic E-state index is 8.64. The largest absolute Gasteiger partial charge is 0.322 e. The molecule has 0 saturated carbocycles. The second kappa shape index (κ2) is 2.38. The molecule has 0 spiro atoms. The lowest BCUT2D eigenvalue weighted by molar-refractivity contribution is 1.18. The predicted molar refractivity (Wildman–Crippen MR) is 46.8 cm³/mol. The molecule has 0 bridgehead atoms. The minimum Gasteiger partial charge on any atom is -0.322 e. The van der Waals surface area contributed by atoms with Crippen molar-refractivity contribution in [2.75, 3.05) is 0 Å². The lowest BCUT2D eigenvalue weighted by Crippen LogP contribution is -1.82. The third-order valence-electron chi connectivity index (χ3n) is 1.86. The van der Waals surface area contributed by atoms with Gasteiger partial charge in [-0.25, -0.2) is 0 Å². The molecule has 2 aromatic rings. The van der Waals surface area contributed by atoms with E-state index in [4.69, 9.17) is 5.26 Å². The van der Waals surface area contributed by atoms with Crippen LogP contribution in [-0.2, 0) is 0 Å². The number of hydrogen-bond donors (Lipinski definition) is 0. The average molecular weight is 156 g/mol. The Morgan fingerprint density at radius 3 is 2.92 bits per heavy atom. The molecule has 0 atom stereocenters. The van der Waals surface area contributed by atoms with Gasteiger partial charge in [0.2, 0.25) is 0 Å². The molecule has 0 aliphatic carbocycles. The van der Waals surface area contributed by atoms with E-state index < -0.39 is 0 Å². The number of aromatic nitrogens is 1. The van der Waals surface area contributed by atoms with Gasteiger partial charge in [-0.2, -0.15) is 5.26 Å². The number of pyridine rings is 1. The van der Waals surface area contributed by atoms with Crippen molar-refractivity contribution in [2.24, 2.45) is 0 Å². The first-order valence-corrected chi connectivity index (χ1v) is 3.78. The molecule has 58 valence electrons. The Morgan fingerprint density at radius 2 is 2.17 bits per heavy atom. The van der Waals surface area contributed by atoms with E-state index in [0.717, 1.165) is 5.52 Å². The summed E-state index contributed by atoms with van der Waals surface area (Å²) in [6.45, 7) is 2.04. The van der Waals surface area contributed by atoms with Gasteiger partial charge >= 0.3 is 0 Å². The predicted octanol–water partition coefficient (Wildman–Crippen LogP) is 2.12. The maximum atomic E-state index is 8.64. The topological polar surface area (TPSA) is 28.2 Å². The van der Waals surface area contributed by atoms with Crippen LogP contribution in [0.1, 0.15) is 11.1 Å². The van der Waals surface area contributed by atoms with Gasteiger partial charge in [0, 0.05) is 17.9 Å². The van der Waals surface area contributed by atoms with Crippen molar-refractivity contribution >= 4 is 5.52 Å². The van der Waals surface area contributed by atoms with Crippen LogP contribution in [0.15, 0.2) is 30.6 Å². The monoisotopic (exact) mass is 156 g/mol. The van der Waals surface area contributed by atoms with Gasteiger partial charge in [0.25, 0.3) is 0 Å². The van der Waals surface area contributed by atoms with Crippen LogP contribution in [0, 0.1) is 18.3 Å². The molecule has 0 fully saturated rings. The van der Waals surface area contributed by atoms with Crippen LogP contribution in [-0.4, -0.2) is 4.40 Å². The highest BCUT2D eigenvalue weighted by molar-refractivity contribution is 5.52. The van der Waals surface area contributed by atoms with Crippen molar-refractivity contribution in [3.63, 3.8) is 0 Å². The summed E-state index contributed by atoms with van der Waals surface area (Å²) in [5.41, 5.74) is 3.04. The molecule has 2 nitrogen and oxygen atoms in total. The fraction of sp³-hybridized carbons (Fsp3) is 0.100. The summed E-state index contributed by atoms with van der Waals surface area (Å²) in [5.74, 6) is 0. The number of aryl methyl sites for hydroxylation is 1. The van der Waals surface area contributed by atoms with Crippen molar-refractivity contribution in [3.05, 3.63) is 41.7 Å². The molecule has 2 heterocycles. The second-order valence-electron chi connectivity index (χ2n) is 2.88. The zero-order valence-electron chi connectivity index (χ0n) is 6.78. The SMILES string of the molecule is Cc1cc2ccc(C#N)cn2c1. The van der Waals surface area contributed by atoms with Gasteiger partial charge in [0.05, 0.1) is 5.56 Å². The first-order chi connectivity index (χ1) is 5.79. The number of nitriles is 1. The first-order valence-electron chi connectivity index (χ1n) is 3.78. The van der Waals surface area contributed by atoms with Crippen LogP contribution in [0.3, 0.4) is 0 Å². The minimum absolute atomic E-state index is 0.693. The molecule has 0 aliphatic heterocycles. The van der Waals surface area contributed by atoms with Gasteiger partial charge in [0.15, 0.2) is 0 Å². The molecule has 0 aromatic carbocycles. The normalized spacial score (nSPS) is 10.0. The van der Waals surface area contributed by atoms with Crippen molar-refractivity contribution in [2.45, 2.75) is 6.92 Å². The van der Waals surface area contributed by atoms with Crippen LogP contribution in [0.2, 0.25) is 0 Å². The molecule has 2 aromatic heterocycles. The second-order valence-corrected chi connectivity index (χ2v) is 2.88. The van der Waals surface area contributed by atoms with Crippen LogP contribution < -0.4 is 0 Å². The summed E-state index contributed by atoms with van der Waals surface area (Å²) in [6, 6.07) is 7.97. The third kappa shape index (κ3) is 0.960. The zero-order chi connectivity index (χ0) is 8.55. The Kier molecular flexibility index (Phi) is 1.38. The van der Waals surface area contributed by atoms with Gasteiger partial charge < -0.3 is 4.40 Å². The fourth-order valence-corrected chi connectivity index (χ4v) is 1.32. The number of rotatable bonds is 0. The van der Waals surface area contributed by atoms with E-state index in [1.807, 2.05) is 35.9 Å². The lowest BCUT2D eigenvalue weighted by atomic mass is 10.3. The van der Waals surface area contributed by atoms with E-state index in [2.05, 4.69) is 12.1 Å². The molecule has 0 saturated heterocycles. The van der Waals surface area contributed by atoms with Gasteiger partial charge in [-0.3, -0.25) is 0 Å². The molecule has 0 unspecified atom stereocenters. The molecule has 2 rings (SSSR count).